The van der Waals surface area contributed by atoms with Crippen LogP contribution in [0.3, 0.4) is 0 Å². The van der Waals surface area contributed by atoms with Crippen LogP contribution in [-0.2, 0) is 6.42 Å². The normalized spacial score (nSPS) is 17.2. The van der Waals surface area contributed by atoms with Gasteiger partial charge in [-0.3, -0.25) is 0 Å². The third kappa shape index (κ3) is 2.46. The summed E-state index contributed by atoms with van der Waals surface area (Å²) in [5, 5.41) is 18.6. The van der Waals surface area contributed by atoms with Crippen LogP contribution in [-0.4, -0.2) is 29.2 Å². The molecule has 1 aromatic carbocycles. The second kappa shape index (κ2) is 4.31. The standard InChI is InChI=1S/C12H16O4/c1-12(14,7-13)5-4-9-2-3-10-11(6-9)16-8-15-10/h2-3,6,13-14H,4-5,7-8H2,1H3. The van der Waals surface area contributed by atoms with Gasteiger partial charge in [-0.2, -0.15) is 0 Å². The van der Waals surface area contributed by atoms with E-state index in [4.69, 9.17) is 14.6 Å². The molecule has 2 N–H and O–H groups in total. The van der Waals surface area contributed by atoms with Gasteiger partial charge in [-0.05, 0) is 37.5 Å². The number of aliphatic hydroxyl groups is 2. The minimum atomic E-state index is -1.02. The van der Waals surface area contributed by atoms with Crippen molar-refractivity contribution in [1.29, 1.82) is 0 Å². The Balaban J connectivity index is 2.00. The van der Waals surface area contributed by atoms with Gasteiger partial charge in [0.15, 0.2) is 11.5 Å². The summed E-state index contributed by atoms with van der Waals surface area (Å²) in [6, 6.07) is 5.72. The molecule has 88 valence electrons. The maximum Gasteiger partial charge on any atom is 0.231 e. The molecule has 0 bridgehead atoms. The third-order valence-corrected chi connectivity index (χ3v) is 2.73. The van der Waals surface area contributed by atoms with E-state index in [0.717, 1.165) is 17.1 Å². The molecule has 1 heterocycles. The molecular formula is C12H16O4. The van der Waals surface area contributed by atoms with Gasteiger partial charge in [0, 0.05) is 0 Å². The van der Waals surface area contributed by atoms with Crippen molar-refractivity contribution in [1.82, 2.24) is 0 Å². The Morgan fingerprint density at radius 1 is 1.31 bits per heavy atom. The predicted octanol–water partition coefficient (Wildman–Crippen LogP) is 1.09. The van der Waals surface area contributed by atoms with Gasteiger partial charge in [-0.1, -0.05) is 6.07 Å². The van der Waals surface area contributed by atoms with Gasteiger partial charge in [-0.25, -0.2) is 0 Å². The van der Waals surface area contributed by atoms with Crippen LogP contribution in [0.1, 0.15) is 18.9 Å². The zero-order valence-electron chi connectivity index (χ0n) is 9.27. The lowest BCUT2D eigenvalue weighted by molar-refractivity contribution is -0.00474. The van der Waals surface area contributed by atoms with Crippen molar-refractivity contribution in [3.05, 3.63) is 23.8 Å². The van der Waals surface area contributed by atoms with E-state index in [9.17, 15) is 5.11 Å². The minimum absolute atomic E-state index is 0.225. The molecule has 16 heavy (non-hydrogen) atoms. The van der Waals surface area contributed by atoms with E-state index in [1.54, 1.807) is 6.92 Å². The fraction of sp³-hybridized carbons (Fsp3) is 0.500. The van der Waals surface area contributed by atoms with Crippen LogP contribution in [0.5, 0.6) is 11.5 Å². The van der Waals surface area contributed by atoms with E-state index in [0.29, 0.717) is 12.8 Å². The molecule has 0 aromatic heterocycles. The highest BCUT2D eigenvalue weighted by Gasteiger charge is 2.19. The first-order valence-electron chi connectivity index (χ1n) is 5.32. The van der Waals surface area contributed by atoms with Crippen molar-refractivity contribution in [2.45, 2.75) is 25.4 Å². The number of hydrogen-bond donors (Lipinski definition) is 2. The summed E-state index contributed by atoms with van der Waals surface area (Å²) in [5.41, 5.74) is 0.0501. The number of aliphatic hydroxyl groups excluding tert-OH is 1. The first-order valence-corrected chi connectivity index (χ1v) is 5.32. The summed E-state index contributed by atoms with van der Waals surface area (Å²) in [6.45, 7) is 1.67. The lowest BCUT2D eigenvalue weighted by Gasteiger charge is -2.19. The molecule has 1 aromatic rings. The maximum absolute atomic E-state index is 9.67. The molecule has 2 rings (SSSR count). The van der Waals surface area contributed by atoms with E-state index in [2.05, 4.69) is 0 Å². The number of rotatable bonds is 4. The zero-order valence-corrected chi connectivity index (χ0v) is 9.27. The van der Waals surface area contributed by atoms with E-state index < -0.39 is 5.60 Å². The highest BCUT2D eigenvalue weighted by Crippen LogP contribution is 2.33. The Morgan fingerprint density at radius 3 is 2.81 bits per heavy atom. The minimum Gasteiger partial charge on any atom is -0.454 e. The molecule has 0 amide bonds. The van der Waals surface area contributed by atoms with Crippen LogP contribution >= 0.6 is 0 Å². The van der Waals surface area contributed by atoms with Gasteiger partial charge in [0.25, 0.3) is 0 Å². The zero-order chi connectivity index (χ0) is 11.6. The van der Waals surface area contributed by atoms with E-state index in [1.807, 2.05) is 18.2 Å². The molecule has 1 aliphatic heterocycles. The number of ether oxygens (including phenoxy) is 2. The maximum atomic E-state index is 9.67. The Labute approximate surface area is 94.4 Å². The Bertz CT molecular complexity index is 373. The SMILES string of the molecule is CC(O)(CO)CCc1ccc2c(c1)OCO2. The Hall–Kier alpha value is -1.26. The summed E-state index contributed by atoms with van der Waals surface area (Å²) in [7, 11) is 0. The van der Waals surface area contributed by atoms with Crippen LogP contribution in [0.25, 0.3) is 0 Å². The van der Waals surface area contributed by atoms with Gasteiger partial charge >= 0.3 is 0 Å². The molecule has 1 atom stereocenters. The topological polar surface area (TPSA) is 58.9 Å². The molecule has 1 unspecified atom stereocenters. The Morgan fingerprint density at radius 2 is 2.06 bits per heavy atom. The lowest BCUT2D eigenvalue weighted by Crippen LogP contribution is -2.29. The molecule has 0 aliphatic carbocycles. The largest absolute Gasteiger partial charge is 0.454 e. The predicted molar refractivity (Wildman–Crippen MR) is 58.6 cm³/mol. The number of fused-ring (bicyclic) bond motifs is 1. The van der Waals surface area contributed by atoms with Crippen LogP contribution in [0.2, 0.25) is 0 Å². The molecule has 0 spiro atoms. The summed E-state index contributed by atoms with van der Waals surface area (Å²) >= 11 is 0. The van der Waals surface area contributed by atoms with Crippen LogP contribution < -0.4 is 9.47 Å². The van der Waals surface area contributed by atoms with Crippen molar-refractivity contribution < 1.29 is 19.7 Å². The summed E-state index contributed by atoms with van der Waals surface area (Å²) in [5.74, 6) is 1.51. The molecule has 4 nitrogen and oxygen atoms in total. The lowest BCUT2D eigenvalue weighted by atomic mass is 9.97. The highest BCUT2D eigenvalue weighted by molar-refractivity contribution is 5.44. The van der Waals surface area contributed by atoms with Crippen molar-refractivity contribution in [3.8, 4) is 11.5 Å². The smallest absolute Gasteiger partial charge is 0.231 e. The monoisotopic (exact) mass is 224 g/mol. The van der Waals surface area contributed by atoms with Crippen molar-refractivity contribution in [2.75, 3.05) is 13.4 Å². The Kier molecular flexibility index (Phi) is 3.03. The fourth-order valence-electron chi connectivity index (χ4n) is 1.59. The van der Waals surface area contributed by atoms with Gasteiger partial charge in [0.05, 0.1) is 12.2 Å². The van der Waals surface area contributed by atoms with Gasteiger partial charge in [0.1, 0.15) is 0 Å². The number of benzene rings is 1. The summed E-state index contributed by atoms with van der Waals surface area (Å²) in [4.78, 5) is 0. The molecule has 1 aliphatic rings. The summed E-state index contributed by atoms with van der Waals surface area (Å²) < 4.78 is 10.5. The first kappa shape index (κ1) is 11.2. The average molecular weight is 224 g/mol. The van der Waals surface area contributed by atoms with Crippen molar-refractivity contribution >= 4 is 0 Å². The second-order valence-electron chi connectivity index (χ2n) is 4.34. The number of aryl methyl sites for hydroxylation is 1. The van der Waals surface area contributed by atoms with Crippen LogP contribution in [0.15, 0.2) is 18.2 Å². The van der Waals surface area contributed by atoms with E-state index in [-0.39, 0.29) is 13.4 Å². The molecular weight excluding hydrogens is 208 g/mol. The first-order chi connectivity index (χ1) is 7.61. The highest BCUT2D eigenvalue weighted by atomic mass is 16.7. The van der Waals surface area contributed by atoms with Gasteiger partial charge < -0.3 is 19.7 Å². The van der Waals surface area contributed by atoms with Crippen molar-refractivity contribution in [3.63, 3.8) is 0 Å². The molecule has 0 fully saturated rings. The third-order valence-electron chi connectivity index (χ3n) is 2.73. The van der Waals surface area contributed by atoms with Crippen molar-refractivity contribution in [2.24, 2.45) is 0 Å². The molecule has 0 saturated heterocycles. The van der Waals surface area contributed by atoms with E-state index >= 15 is 0 Å². The molecule has 0 radical (unpaired) electrons. The second-order valence-corrected chi connectivity index (χ2v) is 4.34. The molecule has 0 saturated carbocycles. The quantitative estimate of drug-likeness (QED) is 0.803. The van der Waals surface area contributed by atoms with E-state index in [1.165, 1.54) is 0 Å². The fourth-order valence-corrected chi connectivity index (χ4v) is 1.59. The number of hydrogen-bond acceptors (Lipinski definition) is 4. The average Bonchev–Trinajstić information content (AvgIpc) is 2.73. The summed E-state index contributed by atoms with van der Waals surface area (Å²) in [6.07, 6.45) is 1.22. The van der Waals surface area contributed by atoms with Crippen LogP contribution in [0, 0.1) is 0 Å². The molecule has 4 heteroatoms. The van der Waals surface area contributed by atoms with Gasteiger partial charge in [-0.15, -0.1) is 0 Å². The van der Waals surface area contributed by atoms with Crippen LogP contribution in [0.4, 0.5) is 0 Å². The van der Waals surface area contributed by atoms with Gasteiger partial charge in [0.2, 0.25) is 6.79 Å².